The Labute approximate surface area is 203 Å². The van der Waals surface area contributed by atoms with Crippen molar-refractivity contribution in [1.29, 1.82) is 0 Å². The van der Waals surface area contributed by atoms with Crippen LogP contribution in [0.2, 0.25) is 0 Å². The maximum absolute atomic E-state index is 2.43. The molecule has 31 heavy (non-hydrogen) atoms. The molecular formula is C28H36FeP2. The summed E-state index contributed by atoms with van der Waals surface area (Å²) in [6.07, 6.45) is 15.1. The first-order chi connectivity index (χ1) is 14.9. The van der Waals surface area contributed by atoms with Crippen LogP contribution < -0.4 is 15.9 Å². The second-order valence-electron chi connectivity index (χ2n) is 8.80. The Morgan fingerprint density at radius 2 is 1.23 bits per heavy atom. The van der Waals surface area contributed by atoms with E-state index in [9.17, 15) is 0 Å². The van der Waals surface area contributed by atoms with Crippen molar-refractivity contribution < 1.29 is 17.1 Å². The molecule has 2 aliphatic carbocycles. The van der Waals surface area contributed by atoms with Crippen LogP contribution in [0.4, 0.5) is 0 Å². The van der Waals surface area contributed by atoms with Gasteiger partial charge in [0, 0.05) is 0 Å². The molecular weight excluding hydrogens is 454 g/mol. The fraction of sp³-hybridized carbons (Fsp3) is 0.429. The molecule has 2 fully saturated rings. The van der Waals surface area contributed by atoms with Gasteiger partial charge >= 0.3 is 17.1 Å². The largest absolute Gasteiger partial charge is 2.00 e. The SMILES string of the molecule is [Fe+2].c1c[cH-]c(P(C2CCCCC2)C2CCCCC2)c1.c1ccc(Pc2ccc[cH-]2)cc1. The van der Waals surface area contributed by atoms with Gasteiger partial charge in [-0.3, -0.25) is 0 Å². The molecule has 0 aromatic heterocycles. The zero-order valence-electron chi connectivity index (χ0n) is 18.5. The zero-order valence-corrected chi connectivity index (χ0v) is 21.5. The van der Waals surface area contributed by atoms with Gasteiger partial charge in [-0.25, -0.2) is 24.3 Å². The van der Waals surface area contributed by atoms with Gasteiger partial charge in [-0.15, -0.1) is 10.6 Å². The molecule has 0 spiro atoms. The summed E-state index contributed by atoms with van der Waals surface area (Å²) in [6.45, 7) is 0. The normalized spacial score (nSPS) is 18.0. The summed E-state index contributed by atoms with van der Waals surface area (Å²) < 4.78 is 0. The van der Waals surface area contributed by atoms with E-state index in [1.54, 1.807) is 5.30 Å². The van der Waals surface area contributed by atoms with Crippen LogP contribution in [-0.2, 0) is 17.1 Å². The summed E-state index contributed by atoms with van der Waals surface area (Å²) in [5.74, 6) is 0. The Balaban J connectivity index is 0.000000183. The predicted octanol–water partition coefficient (Wildman–Crippen LogP) is 7.21. The van der Waals surface area contributed by atoms with Gasteiger partial charge in [0.05, 0.1) is 0 Å². The summed E-state index contributed by atoms with van der Waals surface area (Å²) in [6, 6.07) is 28.5. The van der Waals surface area contributed by atoms with Crippen molar-refractivity contribution in [2.45, 2.75) is 75.5 Å². The summed E-state index contributed by atoms with van der Waals surface area (Å²) in [5, 5.41) is 4.55. The molecule has 2 aliphatic rings. The first kappa shape index (κ1) is 24.9. The Kier molecular flexibility index (Phi) is 11.1. The second-order valence-corrected chi connectivity index (χ2v) is 13.0. The van der Waals surface area contributed by atoms with E-state index in [4.69, 9.17) is 0 Å². The van der Waals surface area contributed by atoms with E-state index in [1.165, 1.54) is 74.8 Å². The third kappa shape index (κ3) is 7.69. The molecule has 1 atom stereocenters. The molecule has 0 heterocycles. The van der Waals surface area contributed by atoms with Crippen molar-refractivity contribution in [3.8, 4) is 0 Å². The molecule has 0 aliphatic heterocycles. The van der Waals surface area contributed by atoms with E-state index in [0.717, 1.165) is 19.9 Å². The van der Waals surface area contributed by atoms with Crippen LogP contribution in [0.15, 0.2) is 78.9 Å². The molecule has 0 N–H and O–H groups in total. The predicted molar refractivity (Wildman–Crippen MR) is 138 cm³/mol. The number of rotatable bonds is 5. The van der Waals surface area contributed by atoms with Crippen molar-refractivity contribution in [3.05, 3.63) is 78.9 Å². The van der Waals surface area contributed by atoms with E-state index >= 15 is 0 Å². The smallest absolute Gasteiger partial charge is 0.213 e. The maximum atomic E-state index is 2.43. The van der Waals surface area contributed by atoms with Crippen LogP contribution in [-0.4, -0.2) is 11.3 Å². The molecule has 2 saturated carbocycles. The molecule has 3 aromatic rings. The van der Waals surface area contributed by atoms with Crippen LogP contribution in [0, 0.1) is 0 Å². The standard InChI is InChI=1S/C17H26P.C11H10P.Fe/c1-3-9-15(10-4-1)18(17-13-7-8-14-17)16-11-5-2-6-12-16;1-2-6-10(7-3-1)12-11-8-4-5-9-11;/h7-8,13-16H,1-6,9-12H2;1-9,12H;/q2*-1;+2. The minimum absolute atomic E-state index is 0. The molecule has 5 rings (SSSR count). The van der Waals surface area contributed by atoms with Crippen molar-refractivity contribution in [1.82, 2.24) is 0 Å². The fourth-order valence-electron chi connectivity index (χ4n) is 5.12. The van der Waals surface area contributed by atoms with E-state index in [0.29, 0.717) is 0 Å². The molecule has 0 nitrogen and oxygen atoms in total. The average Bonchev–Trinajstić information content (AvgIpc) is 3.52. The van der Waals surface area contributed by atoms with Crippen LogP contribution >= 0.6 is 16.5 Å². The van der Waals surface area contributed by atoms with Crippen LogP contribution in [0.25, 0.3) is 0 Å². The second kappa shape index (κ2) is 13.8. The van der Waals surface area contributed by atoms with Crippen LogP contribution in [0.3, 0.4) is 0 Å². The van der Waals surface area contributed by atoms with Gasteiger partial charge in [0.25, 0.3) is 0 Å². The quantitative estimate of drug-likeness (QED) is 0.201. The monoisotopic (exact) mass is 490 g/mol. The van der Waals surface area contributed by atoms with Gasteiger partial charge in [-0.05, 0) is 42.3 Å². The van der Waals surface area contributed by atoms with Crippen LogP contribution in [0.5, 0.6) is 0 Å². The first-order valence-corrected chi connectivity index (χ1v) is 14.4. The topological polar surface area (TPSA) is 0 Å². The first-order valence-electron chi connectivity index (χ1n) is 11.9. The summed E-state index contributed by atoms with van der Waals surface area (Å²) in [7, 11) is 0.946. The maximum Gasteiger partial charge on any atom is 2.00 e. The van der Waals surface area contributed by atoms with Gasteiger partial charge in [-0.2, -0.15) is 24.3 Å². The Bertz CT molecular complexity index is 780. The number of benzene rings is 1. The van der Waals surface area contributed by atoms with Crippen molar-refractivity contribution in [2.75, 3.05) is 0 Å². The molecule has 0 amide bonds. The molecule has 0 radical (unpaired) electrons. The Morgan fingerprint density at radius 1 is 0.645 bits per heavy atom. The molecule has 0 saturated heterocycles. The van der Waals surface area contributed by atoms with E-state index in [1.807, 2.05) is 0 Å². The van der Waals surface area contributed by atoms with E-state index in [2.05, 4.69) is 78.9 Å². The van der Waals surface area contributed by atoms with E-state index < -0.39 is 0 Å². The molecule has 1 unspecified atom stereocenters. The summed E-state index contributed by atoms with van der Waals surface area (Å²) >= 11 is 0. The Hall–Kier alpha value is -0.701. The van der Waals surface area contributed by atoms with Crippen molar-refractivity contribution >= 4 is 32.4 Å². The Morgan fingerprint density at radius 3 is 1.74 bits per heavy atom. The molecule has 166 valence electrons. The number of hydrogen-bond acceptors (Lipinski definition) is 0. The van der Waals surface area contributed by atoms with Gasteiger partial charge < -0.3 is 0 Å². The molecule has 3 aromatic carbocycles. The van der Waals surface area contributed by atoms with Crippen molar-refractivity contribution in [3.63, 3.8) is 0 Å². The third-order valence-corrected chi connectivity index (χ3v) is 11.3. The zero-order chi connectivity index (χ0) is 20.4. The molecule has 3 heteroatoms. The van der Waals surface area contributed by atoms with Gasteiger partial charge in [0.1, 0.15) is 0 Å². The van der Waals surface area contributed by atoms with E-state index in [-0.39, 0.29) is 25.0 Å². The summed E-state index contributed by atoms with van der Waals surface area (Å²) in [5.41, 5.74) is 2.11. The van der Waals surface area contributed by atoms with Crippen molar-refractivity contribution in [2.24, 2.45) is 0 Å². The third-order valence-electron chi connectivity index (χ3n) is 6.60. The van der Waals surface area contributed by atoms with Gasteiger partial charge in [-0.1, -0.05) is 85.4 Å². The fourth-order valence-corrected chi connectivity index (χ4v) is 9.97. The van der Waals surface area contributed by atoms with Gasteiger partial charge in [0.15, 0.2) is 0 Å². The minimum Gasteiger partial charge on any atom is -0.213 e. The average molecular weight is 490 g/mol. The number of hydrogen-bond donors (Lipinski definition) is 0. The summed E-state index contributed by atoms with van der Waals surface area (Å²) in [4.78, 5) is 0. The van der Waals surface area contributed by atoms with Crippen LogP contribution in [0.1, 0.15) is 64.2 Å². The minimum atomic E-state index is 0. The molecule has 0 bridgehead atoms. The van der Waals surface area contributed by atoms with Gasteiger partial charge in [0.2, 0.25) is 0 Å².